The van der Waals surface area contributed by atoms with Crippen LogP contribution in [-0.4, -0.2) is 27.8 Å². The molecule has 1 aromatic rings. The summed E-state index contributed by atoms with van der Waals surface area (Å²) >= 11 is 0. The van der Waals surface area contributed by atoms with Crippen molar-refractivity contribution in [1.29, 1.82) is 0 Å². The summed E-state index contributed by atoms with van der Waals surface area (Å²) in [6, 6.07) is 9.14. The average Bonchev–Trinajstić information content (AvgIpc) is 2.43. The Morgan fingerprint density at radius 2 is 2.05 bits per heavy atom. The molecule has 1 aromatic carbocycles. The van der Waals surface area contributed by atoms with Crippen LogP contribution in [0.1, 0.15) is 31.1 Å². The van der Waals surface area contributed by atoms with Crippen LogP contribution in [-0.2, 0) is 14.9 Å². The van der Waals surface area contributed by atoms with E-state index in [1.54, 1.807) is 20.1 Å². The summed E-state index contributed by atoms with van der Waals surface area (Å²) in [6.07, 6.45) is 2.12. The van der Waals surface area contributed by atoms with Crippen LogP contribution in [0.25, 0.3) is 0 Å². The number of sulfonamides is 1. The standard InChI is InChI=1S/C13H20N2O3S/c1-3-14-18-11-7-10-15-19(16,17)12(2)13-8-5-4-6-9-13/h3-6,8-9,12,15H,7,10-11H2,1-2H3/b14-3+. The van der Waals surface area contributed by atoms with Gasteiger partial charge < -0.3 is 4.84 Å². The lowest BCUT2D eigenvalue weighted by molar-refractivity contribution is 0.144. The van der Waals surface area contributed by atoms with Gasteiger partial charge in [0.25, 0.3) is 0 Å². The smallest absolute Gasteiger partial charge is 0.218 e. The molecular weight excluding hydrogens is 264 g/mol. The Hall–Kier alpha value is -1.40. The highest BCUT2D eigenvalue weighted by Crippen LogP contribution is 2.19. The summed E-state index contributed by atoms with van der Waals surface area (Å²) in [5.74, 6) is 0. The Bertz CT molecular complexity index is 486. The zero-order chi connectivity index (χ0) is 14.1. The third kappa shape index (κ3) is 5.40. The fraction of sp³-hybridized carbons (Fsp3) is 0.462. The predicted molar refractivity (Wildman–Crippen MR) is 76.5 cm³/mol. The molecule has 0 heterocycles. The molecule has 106 valence electrons. The topological polar surface area (TPSA) is 67.8 Å². The number of nitrogens with zero attached hydrogens (tertiary/aromatic N) is 1. The molecule has 6 heteroatoms. The minimum atomic E-state index is -3.35. The first-order valence-electron chi connectivity index (χ1n) is 6.21. The van der Waals surface area contributed by atoms with Crippen LogP contribution in [0.2, 0.25) is 0 Å². The summed E-state index contributed by atoms with van der Waals surface area (Å²) in [4.78, 5) is 4.88. The van der Waals surface area contributed by atoms with Gasteiger partial charge in [-0.05, 0) is 25.8 Å². The highest BCUT2D eigenvalue weighted by molar-refractivity contribution is 7.89. The van der Waals surface area contributed by atoms with Crippen molar-refractivity contribution in [3.05, 3.63) is 35.9 Å². The summed E-state index contributed by atoms with van der Waals surface area (Å²) in [6.45, 7) is 4.17. The van der Waals surface area contributed by atoms with Gasteiger partial charge in [-0.3, -0.25) is 0 Å². The van der Waals surface area contributed by atoms with E-state index in [0.29, 0.717) is 19.6 Å². The molecular formula is C13H20N2O3S. The quantitative estimate of drug-likeness (QED) is 0.451. The normalized spacial score (nSPS) is 13.6. The molecule has 19 heavy (non-hydrogen) atoms. The van der Waals surface area contributed by atoms with E-state index in [2.05, 4.69) is 9.88 Å². The van der Waals surface area contributed by atoms with Crippen molar-refractivity contribution in [3.8, 4) is 0 Å². The second-order valence-corrected chi connectivity index (χ2v) is 6.13. The molecule has 1 atom stereocenters. The van der Waals surface area contributed by atoms with Crippen LogP contribution < -0.4 is 4.72 Å². The fourth-order valence-corrected chi connectivity index (χ4v) is 2.70. The second-order valence-electron chi connectivity index (χ2n) is 4.04. The van der Waals surface area contributed by atoms with Gasteiger partial charge in [0.15, 0.2) is 0 Å². The third-order valence-electron chi connectivity index (χ3n) is 2.63. The molecule has 0 spiro atoms. The van der Waals surface area contributed by atoms with Gasteiger partial charge in [0.05, 0.1) is 5.25 Å². The maximum absolute atomic E-state index is 12.0. The maximum atomic E-state index is 12.0. The van der Waals surface area contributed by atoms with E-state index in [9.17, 15) is 8.42 Å². The second kappa shape index (κ2) is 7.91. The van der Waals surface area contributed by atoms with Crippen molar-refractivity contribution in [2.24, 2.45) is 5.16 Å². The van der Waals surface area contributed by atoms with Crippen LogP contribution in [0.5, 0.6) is 0 Å². The number of hydrogen-bond acceptors (Lipinski definition) is 4. The Morgan fingerprint density at radius 1 is 1.37 bits per heavy atom. The molecule has 0 aliphatic rings. The molecule has 0 aliphatic heterocycles. The minimum absolute atomic E-state index is 0.346. The van der Waals surface area contributed by atoms with Gasteiger partial charge in [-0.2, -0.15) is 0 Å². The molecule has 0 bridgehead atoms. The van der Waals surface area contributed by atoms with Crippen molar-refractivity contribution in [3.63, 3.8) is 0 Å². The molecule has 0 aliphatic carbocycles. The molecule has 0 saturated carbocycles. The fourth-order valence-electron chi connectivity index (χ4n) is 1.51. The van der Waals surface area contributed by atoms with Gasteiger partial charge in [0.2, 0.25) is 10.0 Å². The van der Waals surface area contributed by atoms with Gasteiger partial charge in [0, 0.05) is 12.8 Å². The van der Waals surface area contributed by atoms with Gasteiger partial charge >= 0.3 is 0 Å². The van der Waals surface area contributed by atoms with E-state index >= 15 is 0 Å². The number of nitrogens with one attached hydrogen (secondary N) is 1. The van der Waals surface area contributed by atoms with E-state index in [1.165, 1.54) is 0 Å². The summed E-state index contributed by atoms with van der Waals surface area (Å²) in [7, 11) is -3.35. The monoisotopic (exact) mass is 284 g/mol. The van der Waals surface area contributed by atoms with Crippen LogP contribution in [0.4, 0.5) is 0 Å². The lowest BCUT2D eigenvalue weighted by Gasteiger charge is -2.14. The largest absolute Gasteiger partial charge is 0.396 e. The molecule has 0 aromatic heterocycles. The van der Waals surface area contributed by atoms with Crippen molar-refractivity contribution in [1.82, 2.24) is 4.72 Å². The van der Waals surface area contributed by atoms with Crippen LogP contribution in [0.15, 0.2) is 35.5 Å². The van der Waals surface area contributed by atoms with Gasteiger partial charge in [-0.1, -0.05) is 35.5 Å². The lowest BCUT2D eigenvalue weighted by Crippen LogP contribution is -2.29. The Kier molecular flexibility index (Phi) is 6.52. The van der Waals surface area contributed by atoms with Gasteiger partial charge in [-0.15, -0.1) is 0 Å². The lowest BCUT2D eigenvalue weighted by atomic mass is 10.2. The van der Waals surface area contributed by atoms with E-state index in [4.69, 9.17) is 4.84 Å². The molecule has 0 fully saturated rings. The molecule has 0 amide bonds. The highest BCUT2D eigenvalue weighted by Gasteiger charge is 2.21. The van der Waals surface area contributed by atoms with Gasteiger partial charge in [0.1, 0.15) is 6.61 Å². The third-order valence-corrected chi connectivity index (χ3v) is 4.44. The maximum Gasteiger partial charge on any atom is 0.218 e. The molecule has 0 saturated heterocycles. The summed E-state index contributed by atoms with van der Waals surface area (Å²) in [5, 5.41) is 3.02. The Morgan fingerprint density at radius 3 is 2.68 bits per heavy atom. The first kappa shape index (κ1) is 15.7. The number of benzene rings is 1. The van der Waals surface area contributed by atoms with E-state index in [0.717, 1.165) is 5.56 Å². The zero-order valence-corrected chi connectivity index (χ0v) is 12.1. The van der Waals surface area contributed by atoms with Crippen molar-refractivity contribution in [2.75, 3.05) is 13.2 Å². The van der Waals surface area contributed by atoms with Crippen molar-refractivity contribution >= 4 is 16.2 Å². The highest BCUT2D eigenvalue weighted by atomic mass is 32.2. The molecule has 0 radical (unpaired) electrons. The van der Waals surface area contributed by atoms with Crippen LogP contribution in [0, 0.1) is 0 Å². The molecule has 1 rings (SSSR count). The van der Waals surface area contributed by atoms with Crippen LogP contribution in [0.3, 0.4) is 0 Å². The predicted octanol–water partition coefficient (Wildman–Crippen LogP) is 2.08. The van der Waals surface area contributed by atoms with Crippen LogP contribution >= 0.6 is 0 Å². The number of oxime groups is 1. The first-order chi connectivity index (χ1) is 9.08. The van der Waals surface area contributed by atoms with E-state index in [-0.39, 0.29) is 0 Å². The molecule has 5 nitrogen and oxygen atoms in total. The first-order valence-corrected chi connectivity index (χ1v) is 7.76. The number of hydrogen-bond donors (Lipinski definition) is 1. The Balaban J connectivity index is 2.43. The molecule has 1 N–H and O–H groups in total. The minimum Gasteiger partial charge on any atom is -0.396 e. The number of rotatable bonds is 8. The average molecular weight is 284 g/mol. The van der Waals surface area contributed by atoms with Crippen molar-refractivity contribution in [2.45, 2.75) is 25.5 Å². The van der Waals surface area contributed by atoms with Gasteiger partial charge in [-0.25, -0.2) is 13.1 Å². The van der Waals surface area contributed by atoms with E-state index < -0.39 is 15.3 Å². The summed E-state index contributed by atoms with van der Waals surface area (Å²) < 4.78 is 26.7. The Labute approximate surface area is 114 Å². The zero-order valence-electron chi connectivity index (χ0n) is 11.2. The summed E-state index contributed by atoms with van der Waals surface area (Å²) in [5.41, 5.74) is 0.779. The SMILES string of the molecule is C/C=N/OCCCNS(=O)(=O)C(C)c1ccccc1. The van der Waals surface area contributed by atoms with Crippen molar-refractivity contribution < 1.29 is 13.3 Å². The molecule has 1 unspecified atom stereocenters. The van der Waals surface area contributed by atoms with E-state index in [1.807, 2.05) is 30.3 Å².